The van der Waals surface area contributed by atoms with Gasteiger partial charge in [-0.3, -0.25) is 9.36 Å². The van der Waals surface area contributed by atoms with Crippen molar-refractivity contribution in [1.82, 2.24) is 4.57 Å². The lowest BCUT2D eigenvalue weighted by Crippen LogP contribution is -2.40. The Kier molecular flexibility index (Phi) is 10.6. The number of nitrogens with zero attached hydrogens (tertiary/aromatic N) is 2. The predicted octanol–water partition coefficient (Wildman–Crippen LogP) is 8.00. The molecule has 0 saturated heterocycles. The number of hydrogen-bond acceptors (Lipinski definition) is 7. The molecule has 0 bridgehead atoms. The van der Waals surface area contributed by atoms with E-state index >= 15 is 0 Å². The molecular formula is C33H28Br2Cl2N2O5S. The lowest BCUT2D eigenvalue weighted by atomic mass is 9.95. The zero-order valence-corrected chi connectivity index (χ0v) is 30.2. The number of carbonyl (C=O) groups is 1. The van der Waals surface area contributed by atoms with Crippen molar-refractivity contribution in [3.8, 4) is 11.5 Å². The maximum Gasteiger partial charge on any atom is 0.338 e. The number of benzene rings is 3. The van der Waals surface area contributed by atoms with Gasteiger partial charge in [0.2, 0.25) is 0 Å². The summed E-state index contributed by atoms with van der Waals surface area (Å²) in [7, 11) is 0. The SMILES string of the molecule is CCOC(=O)C1=C(C)N=c2s/c(=C\c3cc(Br)cc(Br)c3OCc3ccc(Cl)cc3Cl)c(=O)n2[C@H]1c1ccccc1OC(C)C. The molecule has 0 saturated carbocycles. The number of para-hydroxylation sites is 1. The minimum atomic E-state index is -0.811. The van der Waals surface area contributed by atoms with Crippen molar-refractivity contribution >= 4 is 78.4 Å². The van der Waals surface area contributed by atoms with E-state index in [-0.39, 0.29) is 30.5 Å². The predicted molar refractivity (Wildman–Crippen MR) is 185 cm³/mol. The number of halogens is 4. The highest BCUT2D eigenvalue weighted by Gasteiger charge is 2.35. The zero-order valence-electron chi connectivity index (χ0n) is 24.7. The summed E-state index contributed by atoms with van der Waals surface area (Å²) < 4.78 is 21.2. The second-order valence-electron chi connectivity index (χ2n) is 10.3. The van der Waals surface area contributed by atoms with Crippen LogP contribution < -0.4 is 24.4 Å². The molecule has 1 aliphatic heterocycles. The Bertz CT molecular complexity index is 2000. The third-order valence-corrected chi connectivity index (χ3v) is 9.42. The zero-order chi connectivity index (χ0) is 32.4. The third kappa shape index (κ3) is 7.25. The maximum absolute atomic E-state index is 14.3. The first-order valence-electron chi connectivity index (χ1n) is 14.0. The summed E-state index contributed by atoms with van der Waals surface area (Å²) in [6.45, 7) is 7.69. The van der Waals surface area contributed by atoms with E-state index < -0.39 is 12.0 Å². The Morgan fingerprint density at radius 1 is 1.13 bits per heavy atom. The molecule has 7 nitrogen and oxygen atoms in total. The van der Waals surface area contributed by atoms with Crippen LogP contribution in [-0.2, 0) is 16.1 Å². The molecule has 0 amide bonds. The fraction of sp³-hybridized carbons (Fsp3) is 0.242. The number of ether oxygens (including phenoxy) is 3. The molecule has 1 aromatic heterocycles. The maximum atomic E-state index is 14.3. The van der Waals surface area contributed by atoms with Crippen molar-refractivity contribution in [2.45, 2.75) is 46.4 Å². The standard InChI is InChI=1S/C33H28Br2Cl2N2O5S/c1-5-42-32(41)28-18(4)38-33-39(29(28)23-8-6-7-9-26(23)44-17(2)3)31(40)27(45-33)13-20-12-21(34)14-24(35)30(20)43-16-19-10-11-22(36)15-25(19)37/h6-15,17,29H,5,16H2,1-4H3/b27-13-/t29-/m0/s1. The van der Waals surface area contributed by atoms with E-state index in [4.69, 9.17) is 42.4 Å². The highest BCUT2D eigenvalue weighted by Crippen LogP contribution is 2.37. The average Bonchev–Trinajstić information content (AvgIpc) is 3.26. The Labute approximate surface area is 291 Å². The molecule has 5 rings (SSSR count). The fourth-order valence-electron chi connectivity index (χ4n) is 4.92. The number of esters is 1. The normalized spacial score (nSPS) is 14.8. The second-order valence-corrected chi connectivity index (χ2v) is 14.0. The number of hydrogen-bond donors (Lipinski definition) is 0. The van der Waals surface area contributed by atoms with Crippen LogP contribution in [0.1, 0.15) is 50.4 Å². The van der Waals surface area contributed by atoms with Gasteiger partial charge in [-0.15, -0.1) is 0 Å². The molecule has 0 aliphatic carbocycles. The number of aromatic nitrogens is 1. The largest absolute Gasteiger partial charge is 0.491 e. The van der Waals surface area contributed by atoms with Gasteiger partial charge in [-0.25, -0.2) is 9.79 Å². The molecular weight excluding hydrogens is 767 g/mol. The first-order valence-corrected chi connectivity index (χ1v) is 17.1. The van der Waals surface area contributed by atoms with Gasteiger partial charge in [0, 0.05) is 31.2 Å². The minimum absolute atomic E-state index is 0.130. The lowest BCUT2D eigenvalue weighted by molar-refractivity contribution is -0.139. The van der Waals surface area contributed by atoms with Crippen LogP contribution in [0.5, 0.6) is 11.5 Å². The molecule has 1 atom stereocenters. The Hall–Kier alpha value is -2.89. The van der Waals surface area contributed by atoms with Crippen LogP contribution in [0.3, 0.4) is 0 Å². The third-order valence-electron chi connectivity index (χ3n) is 6.80. The lowest BCUT2D eigenvalue weighted by Gasteiger charge is -2.26. The first-order chi connectivity index (χ1) is 21.5. The Morgan fingerprint density at radius 3 is 2.60 bits per heavy atom. The van der Waals surface area contributed by atoms with Crippen LogP contribution in [0.2, 0.25) is 10.0 Å². The Balaban J connectivity index is 1.67. The van der Waals surface area contributed by atoms with Crippen molar-refractivity contribution in [3.05, 3.63) is 121 Å². The molecule has 2 heterocycles. The van der Waals surface area contributed by atoms with E-state index in [0.29, 0.717) is 52.2 Å². The topological polar surface area (TPSA) is 79.1 Å². The molecule has 0 spiro atoms. The molecule has 234 valence electrons. The van der Waals surface area contributed by atoms with E-state index in [2.05, 4.69) is 31.9 Å². The van der Waals surface area contributed by atoms with Gasteiger partial charge in [0.15, 0.2) is 4.80 Å². The van der Waals surface area contributed by atoms with Crippen molar-refractivity contribution in [3.63, 3.8) is 0 Å². The fourth-order valence-corrected chi connectivity index (χ4v) is 7.80. The summed E-state index contributed by atoms with van der Waals surface area (Å²) in [4.78, 5) is 32.8. The molecule has 0 N–H and O–H groups in total. The van der Waals surface area contributed by atoms with Crippen molar-refractivity contribution < 1.29 is 19.0 Å². The summed E-state index contributed by atoms with van der Waals surface area (Å²) >= 11 is 20.8. The molecule has 0 unspecified atom stereocenters. The smallest absolute Gasteiger partial charge is 0.338 e. The van der Waals surface area contributed by atoms with Crippen LogP contribution in [0.15, 0.2) is 84.6 Å². The van der Waals surface area contributed by atoms with Crippen LogP contribution in [0.4, 0.5) is 0 Å². The van der Waals surface area contributed by atoms with Gasteiger partial charge in [-0.2, -0.15) is 0 Å². The summed E-state index contributed by atoms with van der Waals surface area (Å²) in [5.41, 5.74) is 2.49. The molecule has 12 heteroatoms. The number of fused-ring (bicyclic) bond motifs is 1. The summed E-state index contributed by atoms with van der Waals surface area (Å²) in [6.07, 6.45) is 1.63. The minimum Gasteiger partial charge on any atom is -0.491 e. The van der Waals surface area contributed by atoms with E-state index in [9.17, 15) is 9.59 Å². The van der Waals surface area contributed by atoms with E-state index in [1.54, 1.807) is 42.7 Å². The van der Waals surface area contributed by atoms with Crippen LogP contribution in [0, 0.1) is 0 Å². The summed E-state index contributed by atoms with van der Waals surface area (Å²) in [5, 5.41) is 1.02. The number of thiazole rings is 1. The van der Waals surface area contributed by atoms with Gasteiger partial charge in [0.1, 0.15) is 24.1 Å². The molecule has 1 aliphatic rings. The second kappa shape index (κ2) is 14.3. The van der Waals surface area contributed by atoms with E-state index in [1.807, 2.05) is 50.2 Å². The van der Waals surface area contributed by atoms with Gasteiger partial charge in [0.25, 0.3) is 5.56 Å². The number of allylic oxidation sites excluding steroid dienone is 1. The van der Waals surface area contributed by atoms with Crippen molar-refractivity contribution in [1.29, 1.82) is 0 Å². The van der Waals surface area contributed by atoms with Gasteiger partial charge < -0.3 is 14.2 Å². The molecule has 45 heavy (non-hydrogen) atoms. The first kappa shape index (κ1) is 33.5. The monoisotopic (exact) mass is 792 g/mol. The molecule has 3 aromatic carbocycles. The number of rotatable bonds is 9. The van der Waals surface area contributed by atoms with Gasteiger partial charge >= 0.3 is 5.97 Å². The van der Waals surface area contributed by atoms with Crippen molar-refractivity contribution in [2.75, 3.05) is 6.61 Å². The average molecular weight is 795 g/mol. The Morgan fingerprint density at radius 2 is 1.89 bits per heavy atom. The molecule has 4 aromatic rings. The highest BCUT2D eigenvalue weighted by atomic mass is 79.9. The highest BCUT2D eigenvalue weighted by molar-refractivity contribution is 9.11. The van der Waals surface area contributed by atoms with Gasteiger partial charge in [-0.1, -0.05) is 74.7 Å². The number of carbonyl (C=O) groups excluding carboxylic acids is 1. The quantitative estimate of drug-likeness (QED) is 0.161. The van der Waals surface area contributed by atoms with Gasteiger partial charge in [-0.05, 0) is 80.0 Å². The molecule has 0 fully saturated rings. The summed E-state index contributed by atoms with van der Waals surface area (Å²) in [6, 6.07) is 15.5. The van der Waals surface area contributed by atoms with E-state index in [1.165, 1.54) is 11.3 Å². The van der Waals surface area contributed by atoms with Crippen LogP contribution in [-0.4, -0.2) is 23.2 Å². The van der Waals surface area contributed by atoms with E-state index in [0.717, 1.165) is 10.0 Å². The van der Waals surface area contributed by atoms with Gasteiger partial charge in [0.05, 0.1) is 33.0 Å². The van der Waals surface area contributed by atoms with Crippen LogP contribution in [0.25, 0.3) is 6.08 Å². The molecule has 0 radical (unpaired) electrons. The van der Waals surface area contributed by atoms with Crippen molar-refractivity contribution in [2.24, 2.45) is 4.99 Å². The summed E-state index contributed by atoms with van der Waals surface area (Å²) in [5.74, 6) is 0.548. The van der Waals surface area contributed by atoms with Crippen LogP contribution >= 0.6 is 66.4 Å².